The topological polar surface area (TPSA) is 61.4 Å². The maximum atomic E-state index is 12.3. The van der Waals surface area contributed by atoms with Gasteiger partial charge in [-0.1, -0.05) is 23.7 Å². The Hall–Kier alpha value is -2.34. The normalized spacial score (nSPS) is 14.7. The van der Waals surface area contributed by atoms with E-state index in [4.69, 9.17) is 11.6 Å². The third kappa shape index (κ3) is 3.71. The molecule has 0 spiro atoms. The molecule has 1 fully saturated rings. The summed E-state index contributed by atoms with van der Waals surface area (Å²) in [5, 5.41) is 3.55. The predicted molar refractivity (Wildman–Crippen MR) is 91.0 cm³/mol. The second-order valence-electron chi connectivity index (χ2n) is 5.34. The zero-order chi connectivity index (χ0) is 16.2. The molecular weight excluding hydrogens is 314 g/mol. The first-order valence-corrected chi connectivity index (χ1v) is 7.86. The van der Waals surface area contributed by atoms with Gasteiger partial charge < -0.3 is 9.80 Å². The highest BCUT2D eigenvalue weighted by Crippen LogP contribution is 2.26. The molecule has 1 aromatic heterocycles. The summed E-state index contributed by atoms with van der Waals surface area (Å²) in [6.45, 7) is 4.57. The lowest BCUT2D eigenvalue weighted by atomic mass is 10.2. The molecule has 2 aromatic rings. The average molecular weight is 332 g/mol. The standard InChI is InChI=1S/C16H18ClN5O/c1-12-18-7-6-15(19-12)20-16(23)22-10-8-21(9-11-22)14-5-3-2-4-13(14)17/h2-7H,8-11H2,1H3,(H,18,19,20,23). The van der Waals surface area contributed by atoms with Gasteiger partial charge in [0.15, 0.2) is 0 Å². The Kier molecular flexibility index (Phi) is 4.62. The summed E-state index contributed by atoms with van der Waals surface area (Å²) in [5.74, 6) is 1.15. The van der Waals surface area contributed by atoms with Crippen LogP contribution in [0.1, 0.15) is 5.82 Å². The number of hydrogen-bond acceptors (Lipinski definition) is 4. The number of urea groups is 1. The van der Waals surface area contributed by atoms with Crippen LogP contribution in [0.25, 0.3) is 0 Å². The van der Waals surface area contributed by atoms with Crippen LogP contribution in [0.3, 0.4) is 0 Å². The van der Waals surface area contributed by atoms with Crippen molar-refractivity contribution in [2.24, 2.45) is 0 Å². The molecule has 0 aliphatic carbocycles. The maximum Gasteiger partial charge on any atom is 0.323 e. The van der Waals surface area contributed by atoms with Crippen molar-refractivity contribution in [1.29, 1.82) is 0 Å². The van der Waals surface area contributed by atoms with Gasteiger partial charge in [-0.3, -0.25) is 5.32 Å². The van der Waals surface area contributed by atoms with Crippen molar-refractivity contribution in [2.75, 3.05) is 36.4 Å². The van der Waals surface area contributed by atoms with Crippen LogP contribution >= 0.6 is 11.6 Å². The summed E-state index contributed by atoms with van der Waals surface area (Å²) in [7, 11) is 0. The van der Waals surface area contributed by atoms with Gasteiger partial charge in [-0.25, -0.2) is 14.8 Å². The van der Waals surface area contributed by atoms with E-state index in [9.17, 15) is 4.79 Å². The first kappa shape index (κ1) is 15.6. The van der Waals surface area contributed by atoms with E-state index in [0.29, 0.717) is 24.7 Å². The highest BCUT2D eigenvalue weighted by atomic mass is 35.5. The number of nitrogens with zero attached hydrogens (tertiary/aromatic N) is 4. The van der Waals surface area contributed by atoms with Gasteiger partial charge in [-0.2, -0.15) is 0 Å². The fourth-order valence-electron chi connectivity index (χ4n) is 2.57. The van der Waals surface area contributed by atoms with Gasteiger partial charge >= 0.3 is 6.03 Å². The largest absolute Gasteiger partial charge is 0.367 e. The number of piperazine rings is 1. The van der Waals surface area contributed by atoms with Gasteiger partial charge in [0.05, 0.1) is 10.7 Å². The van der Waals surface area contributed by atoms with Crippen LogP contribution in [-0.4, -0.2) is 47.1 Å². The molecule has 0 radical (unpaired) electrons. The third-order valence-electron chi connectivity index (χ3n) is 3.77. The Balaban J connectivity index is 1.58. The molecule has 1 aliphatic heterocycles. The molecule has 0 atom stereocenters. The van der Waals surface area contributed by atoms with Gasteiger partial charge in [0.2, 0.25) is 0 Å². The Morgan fingerprint density at radius 1 is 1.17 bits per heavy atom. The summed E-state index contributed by atoms with van der Waals surface area (Å²) in [4.78, 5) is 24.5. The lowest BCUT2D eigenvalue weighted by Crippen LogP contribution is -2.50. The molecule has 23 heavy (non-hydrogen) atoms. The second-order valence-corrected chi connectivity index (χ2v) is 5.75. The molecule has 1 aliphatic rings. The molecule has 0 unspecified atom stereocenters. The van der Waals surface area contributed by atoms with Crippen LogP contribution in [0, 0.1) is 6.92 Å². The van der Waals surface area contributed by atoms with Gasteiger partial charge in [-0.15, -0.1) is 0 Å². The monoisotopic (exact) mass is 331 g/mol. The summed E-state index contributed by atoms with van der Waals surface area (Å²) in [5.41, 5.74) is 1.01. The Morgan fingerprint density at radius 3 is 2.61 bits per heavy atom. The van der Waals surface area contributed by atoms with E-state index in [2.05, 4.69) is 20.2 Å². The number of aryl methyl sites for hydroxylation is 1. The Bertz CT molecular complexity index is 700. The molecule has 0 bridgehead atoms. The quantitative estimate of drug-likeness (QED) is 0.919. The number of aromatic nitrogens is 2. The lowest BCUT2D eigenvalue weighted by molar-refractivity contribution is 0.208. The highest BCUT2D eigenvalue weighted by Gasteiger charge is 2.22. The van der Waals surface area contributed by atoms with Crippen molar-refractivity contribution in [3.8, 4) is 0 Å². The fraction of sp³-hybridized carbons (Fsp3) is 0.312. The number of amides is 2. The van der Waals surface area contributed by atoms with Gasteiger partial charge in [0.1, 0.15) is 11.6 Å². The predicted octanol–water partition coefficient (Wildman–Crippen LogP) is 2.79. The first-order valence-electron chi connectivity index (χ1n) is 7.48. The van der Waals surface area contributed by atoms with Crippen molar-refractivity contribution in [3.05, 3.63) is 47.4 Å². The molecule has 1 N–H and O–H groups in total. The molecule has 2 amide bonds. The molecule has 3 rings (SSSR count). The van der Waals surface area contributed by atoms with E-state index < -0.39 is 0 Å². The molecule has 120 valence electrons. The maximum absolute atomic E-state index is 12.3. The summed E-state index contributed by atoms with van der Waals surface area (Å²) in [6, 6.07) is 9.32. The van der Waals surface area contributed by atoms with Crippen molar-refractivity contribution in [3.63, 3.8) is 0 Å². The molecule has 0 saturated carbocycles. The van der Waals surface area contributed by atoms with Crippen LogP contribution in [0.15, 0.2) is 36.5 Å². The van der Waals surface area contributed by atoms with Crippen LogP contribution in [0.5, 0.6) is 0 Å². The smallest absolute Gasteiger partial charge is 0.323 e. The lowest BCUT2D eigenvalue weighted by Gasteiger charge is -2.36. The summed E-state index contributed by atoms with van der Waals surface area (Å²) in [6.07, 6.45) is 1.63. The van der Waals surface area contributed by atoms with Gasteiger partial charge in [0, 0.05) is 32.4 Å². The van der Waals surface area contributed by atoms with E-state index in [1.807, 2.05) is 24.3 Å². The SMILES string of the molecule is Cc1nccc(NC(=O)N2CCN(c3ccccc3Cl)CC2)n1. The first-order chi connectivity index (χ1) is 11.1. The Labute approximate surface area is 140 Å². The molecule has 2 heterocycles. The number of anilines is 2. The number of hydrogen-bond donors (Lipinski definition) is 1. The van der Waals surface area contributed by atoms with Gasteiger partial charge in [0.25, 0.3) is 0 Å². The number of carbonyl (C=O) groups is 1. The zero-order valence-corrected chi connectivity index (χ0v) is 13.6. The Morgan fingerprint density at radius 2 is 1.91 bits per heavy atom. The number of benzene rings is 1. The number of rotatable bonds is 2. The number of halogens is 1. The second kappa shape index (κ2) is 6.83. The third-order valence-corrected chi connectivity index (χ3v) is 4.09. The van der Waals surface area contributed by atoms with Crippen LogP contribution < -0.4 is 10.2 Å². The van der Waals surface area contributed by atoms with Crippen LogP contribution in [0.4, 0.5) is 16.3 Å². The minimum Gasteiger partial charge on any atom is -0.367 e. The van der Waals surface area contributed by atoms with E-state index in [0.717, 1.165) is 23.8 Å². The van der Waals surface area contributed by atoms with E-state index >= 15 is 0 Å². The number of para-hydroxylation sites is 1. The van der Waals surface area contributed by atoms with Crippen molar-refractivity contribution < 1.29 is 4.79 Å². The van der Waals surface area contributed by atoms with E-state index in [1.54, 1.807) is 24.1 Å². The minimum absolute atomic E-state index is 0.137. The fourth-order valence-corrected chi connectivity index (χ4v) is 2.83. The molecule has 1 aromatic carbocycles. The minimum atomic E-state index is -0.137. The number of nitrogens with one attached hydrogen (secondary N) is 1. The zero-order valence-electron chi connectivity index (χ0n) is 12.9. The van der Waals surface area contributed by atoms with Crippen LogP contribution in [-0.2, 0) is 0 Å². The number of carbonyl (C=O) groups excluding carboxylic acids is 1. The van der Waals surface area contributed by atoms with Gasteiger partial charge in [-0.05, 0) is 25.1 Å². The van der Waals surface area contributed by atoms with Crippen molar-refractivity contribution in [2.45, 2.75) is 6.92 Å². The summed E-state index contributed by atoms with van der Waals surface area (Å²) >= 11 is 6.23. The van der Waals surface area contributed by atoms with E-state index in [-0.39, 0.29) is 6.03 Å². The van der Waals surface area contributed by atoms with E-state index in [1.165, 1.54) is 0 Å². The summed E-state index contributed by atoms with van der Waals surface area (Å²) < 4.78 is 0. The molecular formula is C16H18ClN5O. The van der Waals surface area contributed by atoms with Crippen molar-refractivity contribution in [1.82, 2.24) is 14.9 Å². The van der Waals surface area contributed by atoms with Crippen molar-refractivity contribution >= 4 is 29.1 Å². The molecule has 7 heteroatoms. The van der Waals surface area contributed by atoms with Crippen LogP contribution in [0.2, 0.25) is 5.02 Å². The molecule has 6 nitrogen and oxygen atoms in total. The average Bonchev–Trinajstić information content (AvgIpc) is 2.55. The molecule has 1 saturated heterocycles. The highest BCUT2D eigenvalue weighted by molar-refractivity contribution is 6.33.